The molecule has 2 aliphatic carbocycles. The van der Waals surface area contributed by atoms with E-state index >= 15 is 0 Å². The van der Waals surface area contributed by atoms with E-state index in [1.807, 2.05) is 6.20 Å². The van der Waals surface area contributed by atoms with Crippen molar-refractivity contribution in [3.63, 3.8) is 0 Å². The zero-order chi connectivity index (χ0) is 19.6. The van der Waals surface area contributed by atoms with Gasteiger partial charge in [-0.25, -0.2) is 0 Å². The van der Waals surface area contributed by atoms with Gasteiger partial charge in [0, 0.05) is 17.2 Å². The zero-order valence-electron chi connectivity index (χ0n) is 17.1. The third kappa shape index (κ3) is 2.43. The van der Waals surface area contributed by atoms with Crippen molar-refractivity contribution in [2.75, 3.05) is 0 Å². The SMILES string of the molecule is Cc1cnc(-c2cccc3c4c(ccc23)C2(CC4)Cc3ccccc3C2)cc1C. The van der Waals surface area contributed by atoms with Gasteiger partial charge < -0.3 is 0 Å². The van der Waals surface area contributed by atoms with Gasteiger partial charge in [-0.05, 0) is 89.8 Å². The summed E-state index contributed by atoms with van der Waals surface area (Å²) in [7, 11) is 0. The van der Waals surface area contributed by atoms with Gasteiger partial charge in [0.05, 0.1) is 5.69 Å². The maximum Gasteiger partial charge on any atom is 0.0711 e. The normalized spacial score (nSPS) is 16.3. The number of nitrogens with zero attached hydrogens (tertiary/aromatic N) is 1. The Kier molecular flexibility index (Phi) is 3.53. The summed E-state index contributed by atoms with van der Waals surface area (Å²) in [6.07, 6.45) is 6.84. The third-order valence-corrected chi connectivity index (χ3v) is 7.42. The van der Waals surface area contributed by atoms with Gasteiger partial charge in [0.2, 0.25) is 0 Å². The second-order valence-electron chi connectivity index (χ2n) is 9.05. The van der Waals surface area contributed by atoms with Gasteiger partial charge >= 0.3 is 0 Å². The number of hydrogen-bond acceptors (Lipinski definition) is 1. The molecule has 0 radical (unpaired) electrons. The lowest BCUT2D eigenvalue weighted by Crippen LogP contribution is -2.23. The van der Waals surface area contributed by atoms with E-state index in [0.717, 1.165) is 5.69 Å². The molecule has 29 heavy (non-hydrogen) atoms. The molecule has 0 fully saturated rings. The van der Waals surface area contributed by atoms with E-state index in [9.17, 15) is 0 Å². The van der Waals surface area contributed by atoms with Gasteiger partial charge in [0.15, 0.2) is 0 Å². The van der Waals surface area contributed by atoms with Gasteiger partial charge in [-0.15, -0.1) is 0 Å². The molecule has 0 amide bonds. The van der Waals surface area contributed by atoms with Crippen LogP contribution in [0.5, 0.6) is 0 Å². The Morgan fingerprint density at radius 2 is 1.59 bits per heavy atom. The van der Waals surface area contributed by atoms with E-state index in [1.165, 1.54) is 53.1 Å². The van der Waals surface area contributed by atoms with E-state index in [1.54, 1.807) is 22.3 Å². The average molecular weight is 376 g/mol. The highest BCUT2D eigenvalue weighted by Gasteiger charge is 2.43. The Labute approximate surface area is 172 Å². The minimum Gasteiger partial charge on any atom is -0.256 e. The van der Waals surface area contributed by atoms with Crippen molar-refractivity contribution in [1.82, 2.24) is 4.98 Å². The Hall–Kier alpha value is -2.93. The predicted molar refractivity (Wildman–Crippen MR) is 121 cm³/mol. The summed E-state index contributed by atoms with van der Waals surface area (Å²) < 4.78 is 0. The minimum absolute atomic E-state index is 0.307. The summed E-state index contributed by atoms with van der Waals surface area (Å²) in [4.78, 5) is 4.75. The van der Waals surface area contributed by atoms with Gasteiger partial charge in [-0.2, -0.15) is 0 Å². The quantitative estimate of drug-likeness (QED) is 0.370. The van der Waals surface area contributed by atoms with Crippen molar-refractivity contribution in [2.45, 2.75) is 44.9 Å². The number of aromatic nitrogens is 1. The molecule has 0 unspecified atom stereocenters. The van der Waals surface area contributed by atoms with Crippen LogP contribution < -0.4 is 0 Å². The van der Waals surface area contributed by atoms with Gasteiger partial charge in [-0.1, -0.05) is 54.6 Å². The molecule has 0 bridgehead atoms. The molecular weight excluding hydrogens is 350 g/mol. The molecular formula is C28H25N. The van der Waals surface area contributed by atoms with E-state index in [4.69, 9.17) is 4.98 Å². The summed E-state index contributed by atoms with van der Waals surface area (Å²) in [5.41, 5.74) is 11.5. The highest BCUT2D eigenvalue weighted by Crippen LogP contribution is 2.50. The topological polar surface area (TPSA) is 12.9 Å². The molecule has 0 saturated carbocycles. The van der Waals surface area contributed by atoms with E-state index < -0.39 is 0 Å². The fraction of sp³-hybridized carbons (Fsp3) is 0.250. The molecule has 0 saturated heterocycles. The van der Waals surface area contributed by atoms with Crippen LogP contribution in [0.3, 0.4) is 0 Å². The number of pyridine rings is 1. The van der Waals surface area contributed by atoms with Crippen LogP contribution in [0, 0.1) is 13.8 Å². The Morgan fingerprint density at radius 1 is 0.793 bits per heavy atom. The van der Waals surface area contributed by atoms with Crippen molar-refractivity contribution < 1.29 is 0 Å². The molecule has 2 aliphatic rings. The lowest BCUT2D eigenvalue weighted by atomic mass is 9.78. The summed E-state index contributed by atoms with van der Waals surface area (Å²) >= 11 is 0. The minimum atomic E-state index is 0.307. The van der Waals surface area contributed by atoms with Crippen molar-refractivity contribution >= 4 is 10.8 Å². The second-order valence-corrected chi connectivity index (χ2v) is 9.05. The van der Waals surface area contributed by atoms with Crippen LogP contribution in [0.25, 0.3) is 22.0 Å². The highest BCUT2D eigenvalue weighted by molar-refractivity contribution is 5.98. The van der Waals surface area contributed by atoms with Gasteiger partial charge in [0.1, 0.15) is 0 Å². The maximum absolute atomic E-state index is 4.75. The second kappa shape index (κ2) is 6.03. The lowest BCUT2D eigenvalue weighted by molar-refractivity contribution is 0.449. The zero-order valence-corrected chi connectivity index (χ0v) is 17.1. The fourth-order valence-electron chi connectivity index (χ4n) is 5.74. The summed E-state index contributed by atoms with van der Waals surface area (Å²) in [5.74, 6) is 0. The average Bonchev–Trinajstić information content (AvgIpc) is 3.30. The number of benzene rings is 3. The Balaban J connectivity index is 1.51. The van der Waals surface area contributed by atoms with Gasteiger partial charge in [-0.3, -0.25) is 4.98 Å². The fourth-order valence-corrected chi connectivity index (χ4v) is 5.74. The van der Waals surface area contributed by atoms with Crippen LogP contribution in [0.1, 0.15) is 39.8 Å². The van der Waals surface area contributed by atoms with Crippen LogP contribution in [0.15, 0.2) is 66.9 Å². The molecule has 1 heteroatoms. The summed E-state index contributed by atoms with van der Waals surface area (Å²) in [6, 6.07) is 22.8. The number of hydrogen-bond donors (Lipinski definition) is 0. The van der Waals surface area contributed by atoms with Crippen molar-refractivity contribution in [1.29, 1.82) is 0 Å². The summed E-state index contributed by atoms with van der Waals surface area (Å²) in [5, 5.41) is 2.77. The standard InChI is InChI=1S/C28H25N/c1-18-14-27(29-17-19(18)2)25-9-5-8-22-23(25)10-11-26-24(22)12-13-28(26)15-20-6-3-4-7-21(20)16-28/h3-11,14,17H,12-13,15-16H2,1-2H3. The molecule has 0 N–H and O–H groups in total. The first kappa shape index (κ1) is 17.0. The van der Waals surface area contributed by atoms with Crippen molar-refractivity contribution in [3.05, 3.63) is 100 Å². The first-order chi connectivity index (χ1) is 14.1. The smallest absolute Gasteiger partial charge is 0.0711 e. The lowest BCUT2D eigenvalue weighted by Gasteiger charge is -2.25. The first-order valence-electron chi connectivity index (χ1n) is 10.7. The Morgan fingerprint density at radius 3 is 2.34 bits per heavy atom. The predicted octanol–water partition coefficient (Wildman–Crippen LogP) is 6.50. The number of aryl methyl sites for hydroxylation is 3. The highest BCUT2D eigenvalue weighted by atomic mass is 14.7. The molecule has 0 aliphatic heterocycles. The molecule has 0 atom stereocenters. The molecule has 142 valence electrons. The maximum atomic E-state index is 4.75. The largest absolute Gasteiger partial charge is 0.256 e. The molecule has 3 aromatic carbocycles. The number of fused-ring (bicyclic) bond motifs is 5. The van der Waals surface area contributed by atoms with Crippen LogP contribution in [0.4, 0.5) is 0 Å². The van der Waals surface area contributed by atoms with E-state index in [2.05, 4.69) is 74.5 Å². The monoisotopic (exact) mass is 375 g/mol. The Bertz CT molecular complexity index is 1260. The molecule has 6 rings (SSSR count). The molecule has 4 aromatic rings. The molecule has 1 heterocycles. The molecule has 1 nitrogen and oxygen atoms in total. The van der Waals surface area contributed by atoms with Crippen LogP contribution in [-0.4, -0.2) is 4.98 Å². The van der Waals surface area contributed by atoms with Crippen LogP contribution >= 0.6 is 0 Å². The van der Waals surface area contributed by atoms with Crippen molar-refractivity contribution in [3.8, 4) is 11.3 Å². The van der Waals surface area contributed by atoms with Crippen LogP contribution in [-0.2, 0) is 24.7 Å². The number of rotatable bonds is 1. The molecule has 1 spiro atoms. The van der Waals surface area contributed by atoms with E-state index in [-0.39, 0.29) is 0 Å². The van der Waals surface area contributed by atoms with Gasteiger partial charge in [0.25, 0.3) is 0 Å². The van der Waals surface area contributed by atoms with Crippen molar-refractivity contribution in [2.24, 2.45) is 0 Å². The molecule has 1 aromatic heterocycles. The first-order valence-corrected chi connectivity index (χ1v) is 10.7. The third-order valence-electron chi connectivity index (χ3n) is 7.42. The summed E-state index contributed by atoms with van der Waals surface area (Å²) in [6.45, 7) is 4.30. The van der Waals surface area contributed by atoms with Crippen LogP contribution in [0.2, 0.25) is 0 Å². The van der Waals surface area contributed by atoms with E-state index in [0.29, 0.717) is 5.41 Å².